The number of nitrogens with zero attached hydrogens (tertiary/aromatic N) is 1. The molecule has 0 unspecified atom stereocenters. The lowest BCUT2D eigenvalue weighted by molar-refractivity contribution is -0.0585. The molecule has 88 valence electrons. The third-order valence-corrected chi connectivity index (χ3v) is 3.71. The summed E-state index contributed by atoms with van der Waals surface area (Å²) < 4.78 is 6.24. The van der Waals surface area contributed by atoms with Gasteiger partial charge in [-0.1, -0.05) is 11.6 Å². The summed E-state index contributed by atoms with van der Waals surface area (Å²) >= 11 is 7.15. The Morgan fingerprint density at radius 1 is 1.44 bits per heavy atom. The molecule has 5 heteroatoms. The lowest BCUT2D eigenvalue weighted by Gasteiger charge is -2.35. The summed E-state index contributed by atoms with van der Waals surface area (Å²) in [6.07, 6.45) is 0.200. The zero-order chi connectivity index (χ0) is 11.7. The molecule has 1 aromatic rings. The fourth-order valence-electron chi connectivity index (χ4n) is 1.93. The van der Waals surface area contributed by atoms with Gasteiger partial charge < -0.3 is 9.64 Å². The quantitative estimate of drug-likeness (QED) is 0.776. The van der Waals surface area contributed by atoms with Crippen molar-refractivity contribution >= 4 is 28.8 Å². The predicted molar refractivity (Wildman–Crippen MR) is 65.2 cm³/mol. The van der Waals surface area contributed by atoms with Crippen LogP contribution in [-0.2, 0) is 4.74 Å². The van der Waals surface area contributed by atoms with E-state index in [-0.39, 0.29) is 18.1 Å². The third kappa shape index (κ3) is 2.56. The fraction of sp³-hybridized carbons (Fsp3) is 0.545. The van der Waals surface area contributed by atoms with E-state index in [2.05, 4.69) is 0 Å². The first-order valence-electron chi connectivity index (χ1n) is 5.26. The molecule has 0 N–H and O–H groups in total. The highest BCUT2D eigenvalue weighted by Gasteiger charge is 2.27. The van der Waals surface area contributed by atoms with E-state index in [9.17, 15) is 4.79 Å². The Bertz CT molecular complexity index is 383. The van der Waals surface area contributed by atoms with E-state index in [4.69, 9.17) is 16.3 Å². The van der Waals surface area contributed by atoms with E-state index < -0.39 is 0 Å². The number of carbonyl (C=O) groups excluding carboxylic acids is 1. The molecular formula is C11H14ClNO2S. The second kappa shape index (κ2) is 4.73. The summed E-state index contributed by atoms with van der Waals surface area (Å²) in [6.45, 7) is 5.27. The van der Waals surface area contributed by atoms with Crippen LogP contribution in [0.2, 0.25) is 4.34 Å². The number of amides is 1. The summed E-state index contributed by atoms with van der Waals surface area (Å²) in [5, 5.41) is 0. The van der Waals surface area contributed by atoms with Gasteiger partial charge in [-0.25, -0.2) is 0 Å². The molecule has 1 aliphatic heterocycles. The Morgan fingerprint density at radius 3 is 2.56 bits per heavy atom. The predicted octanol–water partition coefficient (Wildman–Crippen LogP) is 2.65. The molecule has 1 aliphatic rings. The minimum Gasteiger partial charge on any atom is -0.372 e. The lowest BCUT2D eigenvalue weighted by atomic mass is 10.2. The van der Waals surface area contributed by atoms with E-state index in [1.165, 1.54) is 11.3 Å². The Hall–Kier alpha value is -0.580. The van der Waals surface area contributed by atoms with Crippen LogP contribution in [0, 0.1) is 0 Å². The van der Waals surface area contributed by atoms with Crippen molar-refractivity contribution < 1.29 is 9.53 Å². The van der Waals surface area contributed by atoms with Gasteiger partial charge in [-0.05, 0) is 26.0 Å². The summed E-state index contributed by atoms with van der Waals surface area (Å²) in [4.78, 5) is 14.7. The zero-order valence-electron chi connectivity index (χ0n) is 9.27. The maximum Gasteiger partial charge on any atom is 0.264 e. The molecule has 3 nitrogen and oxygen atoms in total. The first-order valence-corrected chi connectivity index (χ1v) is 6.46. The van der Waals surface area contributed by atoms with Gasteiger partial charge in [-0.3, -0.25) is 4.79 Å². The Kier molecular flexibility index (Phi) is 3.52. The minimum atomic E-state index is 0.0545. The summed E-state index contributed by atoms with van der Waals surface area (Å²) in [6, 6.07) is 3.53. The van der Waals surface area contributed by atoms with Crippen molar-refractivity contribution in [2.75, 3.05) is 13.1 Å². The Labute approximate surface area is 104 Å². The molecule has 2 atom stereocenters. The second-order valence-electron chi connectivity index (χ2n) is 4.07. The first kappa shape index (κ1) is 11.9. The van der Waals surface area contributed by atoms with Gasteiger partial charge in [0.1, 0.15) is 0 Å². The van der Waals surface area contributed by atoms with E-state index in [1.54, 1.807) is 12.1 Å². The van der Waals surface area contributed by atoms with Crippen molar-refractivity contribution in [3.8, 4) is 0 Å². The van der Waals surface area contributed by atoms with Crippen LogP contribution in [0.1, 0.15) is 23.5 Å². The van der Waals surface area contributed by atoms with Gasteiger partial charge in [0.05, 0.1) is 21.4 Å². The van der Waals surface area contributed by atoms with Crippen LogP contribution < -0.4 is 0 Å². The van der Waals surface area contributed by atoms with E-state index >= 15 is 0 Å². The van der Waals surface area contributed by atoms with Crippen LogP contribution in [0.3, 0.4) is 0 Å². The number of halogens is 1. The largest absolute Gasteiger partial charge is 0.372 e. The van der Waals surface area contributed by atoms with Gasteiger partial charge in [0, 0.05) is 13.1 Å². The SMILES string of the molecule is C[C@H]1CN(C(=O)c2ccc(Cl)s2)C[C@H](C)O1. The van der Waals surface area contributed by atoms with E-state index in [0.717, 1.165) is 0 Å². The standard InChI is InChI=1S/C11H14ClNO2S/c1-7-5-13(6-8(2)15-7)11(14)9-3-4-10(12)16-9/h3-4,7-8H,5-6H2,1-2H3/t7-,8-/m0/s1. The molecule has 0 spiro atoms. The first-order chi connectivity index (χ1) is 7.56. The van der Waals surface area contributed by atoms with Gasteiger partial charge in [0.25, 0.3) is 5.91 Å². The smallest absolute Gasteiger partial charge is 0.264 e. The van der Waals surface area contributed by atoms with Crippen LogP contribution in [0.4, 0.5) is 0 Å². The summed E-state index contributed by atoms with van der Waals surface area (Å²) in [7, 11) is 0. The Balaban J connectivity index is 2.09. The van der Waals surface area contributed by atoms with Crippen molar-refractivity contribution in [1.82, 2.24) is 4.90 Å². The number of hydrogen-bond donors (Lipinski definition) is 0. The molecular weight excluding hydrogens is 246 g/mol. The molecule has 16 heavy (non-hydrogen) atoms. The molecule has 0 radical (unpaired) electrons. The molecule has 0 aromatic carbocycles. The van der Waals surface area contributed by atoms with E-state index in [0.29, 0.717) is 22.3 Å². The Morgan fingerprint density at radius 2 is 2.06 bits per heavy atom. The number of carbonyl (C=O) groups is 1. The maximum absolute atomic E-state index is 12.1. The highest BCUT2D eigenvalue weighted by molar-refractivity contribution is 7.17. The molecule has 2 heterocycles. The van der Waals surface area contributed by atoms with Crippen LogP contribution in [0.5, 0.6) is 0 Å². The van der Waals surface area contributed by atoms with Gasteiger partial charge in [-0.15, -0.1) is 11.3 Å². The second-order valence-corrected chi connectivity index (χ2v) is 5.79. The van der Waals surface area contributed by atoms with Gasteiger partial charge in [0.15, 0.2) is 0 Å². The normalized spacial score (nSPS) is 25.8. The molecule has 1 fully saturated rings. The molecule has 0 saturated carbocycles. The molecule has 1 saturated heterocycles. The molecule has 0 aliphatic carbocycles. The molecule has 2 rings (SSSR count). The van der Waals surface area contributed by atoms with E-state index in [1.807, 2.05) is 18.7 Å². The van der Waals surface area contributed by atoms with Crippen molar-refractivity contribution in [1.29, 1.82) is 0 Å². The molecule has 1 aromatic heterocycles. The topological polar surface area (TPSA) is 29.5 Å². The third-order valence-electron chi connectivity index (χ3n) is 2.49. The zero-order valence-corrected chi connectivity index (χ0v) is 10.8. The van der Waals surface area contributed by atoms with Crippen LogP contribution in [0.15, 0.2) is 12.1 Å². The average Bonchev–Trinajstić information content (AvgIpc) is 2.62. The molecule has 0 bridgehead atoms. The van der Waals surface area contributed by atoms with Crippen molar-refractivity contribution in [2.24, 2.45) is 0 Å². The van der Waals surface area contributed by atoms with Crippen molar-refractivity contribution in [2.45, 2.75) is 26.1 Å². The van der Waals surface area contributed by atoms with Gasteiger partial charge in [0.2, 0.25) is 0 Å². The maximum atomic E-state index is 12.1. The monoisotopic (exact) mass is 259 g/mol. The van der Waals surface area contributed by atoms with Crippen molar-refractivity contribution in [3.05, 3.63) is 21.3 Å². The van der Waals surface area contributed by atoms with Gasteiger partial charge in [-0.2, -0.15) is 0 Å². The number of ether oxygens (including phenoxy) is 1. The highest BCUT2D eigenvalue weighted by atomic mass is 35.5. The summed E-state index contributed by atoms with van der Waals surface area (Å²) in [5.41, 5.74) is 0. The average molecular weight is 260 g/mol. The van der Waals surface area contributed by atoms with Crippen LogP contribution in [0.25, 0.3) is 0 Å². The number of rotatable bonds is 1. The number of hydrogen-bond acceptors (Lipinski definition) is 3. The molecule has 1 amide bonds. The van der Waals surface area contributed by atoms with Crippen molar-refractivity contribution in [3.63, 3.8) is 0 Å². The summed E-state index contributed by atoms with van der Waals surface area (Å²) in [5.74, 6) is 0.0545. The lowest BCUT2D eigenvalue weighted by Crippen LogP contribution is -2.48. The fourth-order valence-corrected chi connectivity index (χ4v) is 2.94. The number of thiophene rings is 1. The number of morpholine rings is 1. The van der Waals surface area contributed by atoms with Crippen LogP contribution in [-0.4, -0.2) is 36.1 Å². The highest BCUT2D eigenvalue weighted by Crippen LogP contribution is 2.24. The van der Waals surface area contributed by atoms with Gasteiger partial charge >= 0.3 is 0 Å². The van der Waals surface area contributed by atoms with Crippen LogP contribution >= 0.6 is 22.9 Å². The minimum absolute atomic E-state index is 0.0545.